The molecule has 0 atom stereocenters. The lowest BCUT2D eigenvalue weighted by Crippen LogP contribution is -2.21. The summed E-state index contributed by atoms with van der Waals surface area (Å²) in [5, 5.41) is 2.61. The average molecular weight is 251 g/mol. The molecular formula is C13H17NO4. The smallest absolute Gasteiger partial charge is 0.412 e. The summed E-state index contributed by atoms with van der Waals surface area (Å²) in [5.74, 6) is -0.561. The number of amides is 1. The van der Waals surface area contributed by atoms with Gasteiger partial charge in [0, 0.05) is 5.69 Å². The Hall–Kier alpha value is -2.04. The summed E-state index contributed by atoms with van der Waals surface area (Å²) in [4.78, 5) is 22.5. The van der Waals surface area contributed by atoms with Gasteiger partial charge in [0.25, 0.3) is 0 Å². The Bertz CT molecular complexity index is 422. The molecule has 0 spiro atoms. The van der Waals surface area contributed by atoms with Crippen molar-refractivity contribution >= 4 is 17.7 Å². The lowest BCUT2D eigenvalue weighted by molar-refractivity contribution is -0.146. The maximum Gasteiger partial charge on any atom is 0.412 e. The van der Waals surface area contributed by atoms with E-state index in [1.165, 1.54) is 0 Å². The van der Waals surface area contributed by atoms with Gasteiger partial charge in [-0.3, -0.25) is 5.32 Å². The van der Waals surface area contributed by atoms with Gasteiger partial charge in [-0.25, -0.2) is 9.59 Å². The zero-order valence-electron chi connectivity index (χ0n) is 10.8. The predicted molar refractivity (Wildman–Crippen MR) is 67.5 cm³/mol. The van der Waals surface area contributed by atoms with Crippen LogP contribution < -0.4 is 5.32 Å². The number of rotatable bonds is 4. The Morgan fingerprint density at radius 2 is 1.78 bits per heavy atom. The van der Waals surface area contributed by atoms with Crippen LogP contribution in [0.15, 0.2) is 18.2 Å². The maximum atomic E-state index is 11.5. The van der Waals surface area contributed by atoms with Crippen molar-refractivity contribution in [1.29, 1.82) is 0 Å². The summed E-state index contributed by atoms with van der Waals surface area (Å²) in [7, 11) is 0. The van der Waals surface area contributed by atoms with Gasteiger partial charge in [-0.2, -0.15) is 0 Å². The van der Waals surface area contributed by atoms with Crippen LogP contribution in [0.3, 0.4) is 0 Å². The Morgan fingerprint density at radius 3 is 2.33 bits per heavy atom. The number of carbonyl (C=O) groups excluding carboxylic acids is 2. The van der Waals surface area contributed by atoms with Crippen molar-refractivity contribution in [3.05, 3.63) is 29.3 Å². The molecule has 0 radical (unpaired) electrons. The van der Waals surface area contributed by atoms with E-state index in [-0.39, 0.29) is 13.2 Å². The summed E-state index contributed by atoms with van der Waals surface area (Å²) in [5.41, 5.74) is 2.57. The van der Waals surface area contributed by atoms with Gasteiger partial charge in [-0.15, -0.1) is 0 Å². The average Bonchev–Trinajstić information content (AvgIpc) is 2.32. The van der Waals surface area contributed by atoms with Crippen LogP contribution in [0.1, 0.15) is 18.1 Å². The van der Waals surface area contributed by atoms with Crippen LogP contribution >= 0.6 is 0 Å². The molecule has 98 valence electrons. The van der Waals surface area contributed by atoms with Crippen LogP contribution in [-0.4, -0.2) is 25.3 Å². The summed E-state index contributed by atoms with van der Waals surface area (Å²) in [6, 6.07) is 5.67. The molecule has 1 aromatic carbocycles. The van der Waals surface area contributed by atoms with Crippen LogP contribution in [0.2, 0.25) is 0 Å². The number of benzene rings is 1. The van der Waals surface area contributed by atoms with Gasteiger partial charge in [-0.1, -0.05) is 18.2 Å². The minimum Gasteiger partial charge on any atom is -0.463 e. The molecule has 1 N–H and O–H groups in total. The fourth-order valence-corrected chi connectivity index (χ4v) is 1.48. The Labute approximate surface area is 106 Å². The lowest BCUT2D eigenvalue weighted by Gasteiger charge is -2.11. The maximum absolute atomic E-state index is 11.5. The van der Waals surface area contributed by atoms with E-state index in [2.05, 4.69) is 10.1 Å². The molecule has 1 rings (SSSR count). The number of nitrogens with one attached hydrogen (secondary N) is 1. The van der Waals surface area contributed by atoms with E-state index in [9.17, 15) is 9.59 Å². The number of para-hydroxylation sites is 1. The molecule has 5 heteroatoms. The fraction of sp³-hybridized carbons (Fsp3) is 0.385. The number of aryl methyl sites for hydroxylation is 2. The monoisotopic (exact) mass is 251 g/mol. The third-order valence-corrected chi connectivity index (χ3v) is 2.33. The molecule has 0 saturated carbocycles. The molecule has 0 bridgehead atoms. The van der Waals surface area contributed by atoms with E-state index in [4.69, 9.17) is 4.74 Å². The van der Waals surface area contributed by atoms with Gasteiger partial charge >= 0.3 is 12.1 Å². The van der Waals surface area contributed by atoms with Crippen molar-refractivity contribution in [2.24, 2.45) is 0 Å². The third-order valence-electron chi connectivity index (χ3n) is 2.33. The molecule has 0 heterocycles. The molecule has 18 heavy (non-hydrogen) atoms. The highest BCUT2D eigenvalue weighted by Gasteiger charge is 2.10. The van der Waals surface area contributed by atoms with Crippen molar-refractivity contribution in [3.63, 3.8) is 0 Å². The topological polar surface area (TPSA) is 64.6 Å². The summed E-state index contributed by atoms with van der Waals surface area (Å²) in [6.07, 6.45) is -0.666. The Kier molecular flexibility index (Phi) is 5.17. The van der Waals surface area contributed by atoms with E-state index in [0.29, 0.717) is 5.69 Å². The molecule has 0 fully saturated rings. The molecule has 1 aromatic rings. The molecular weight excluding hydrogens is 234 g/mol. The van der Waals surface area contributed by atoms with Gasteiger partial charge in [0.2, 0.25) is 0 Å². The van der Waals surface area contributed by atoms with E-state index >= 15 is 0 Å². The second-order valence-electron chi connectivity index (χ2n) is 3.77. The Morgan fingerprint density at radius 1 is 1.17 bits per heavy atom. The highest BCUT2D eigenvalue weighted by atomic mass is 16.6. The number of esters is 1. The van der Waals surface area contributed by atoms with Gasteiger partial charge in [-0.05, 0) is 31.9 Å². The first-order chi connectivity index (χ1) is 8.54. The SMILES string of the molecule is CCOC(=O)COC(=O)Nc1c(C)cccc1C. The quantitative estimate of drug-likeness (QED) is 0.834. The van der Waals surface area contributed by atoms with E-state index in [0.717, 1.165) is 11.1 Å². The highest BCUT2D eigenvalue weighted by molar-refractivity contribution is 5.88. The first-order valence-corrected chi connectivity index (χ1v) is 5.70. The minimum atomic E-state index is -0.666. The highest BCUT2D eigenvalue weighted by Crippen LogP contribution is 2.19. The minimum absolute atomic E-state index is 0.265. The summed E-state index contributed by atoms with van der Waals surface area (Å²) < 4.78 is 9.39. The fourth-order valence-electron chi connectivity index (χ4n) is 1.48. The second-order valence-corrected chi connectivity index (χ2v) is 3.77. The van der Waals surface area contributed by atoms with Gasteiger partial charge in [0.1, 0.15) is 0 Å². The molecule has 0 saturated heterocycles. The zero-order valence-corrected chi connectivity index (χ0v) is 10.8. The van der Waals surface area contributed by atoms with E-state index < -0.39 is 12.1 Å². The number of hydrogen-bond donors (Lipinski definition) is 1. The molecule has 1 amide bonds. The third kappa shape index (κ3) is 4.08. The van der Waals surface area contributed by atoms with Gasteiger partial charge < -0.3 is 9.47 Å². The first-order valence-electron chi connectivity index (χ1n) is 5.70. The van der Waals surface area contributed by atoms with Crippen molar-refractivity contribution < 1.29 is 19.1 Å². The Balaban J connectivity index is 2.52. The summed E-state index contributed by atoms with van der Waals surface area (Å²) >= 11 is 0. The molecule has 5 nitrogen and oxygen atoms in total. The largest absolute Gasteiger partial charge is 0.463 e. The van der Waals surface area contributed by atoms with Crippen LogP contribution in [0.25, 0.3) is 0 Å². The molecule has 0 aromatic heterocycles. The van der Waals surface area contributed by atoms with Crippen molar-refractivity contribution in [3.8, 4) is 0 Å². The van der Waals surface area contributed by atoms with Crippen molar-refractivity contribution in [2.75, 3.05) is 18.5 Å². The number of ether oxygens (including phenoxy) is 2. The van der Waals surface area contributed by atoms with E-state index in [1.807, 2.05) is 32.0 Å². The van der Waals surface area contributed by atoms with Crippen LogP contribution in [-0.2, 0) is 14.3 Å². The number of carbonyl (C=O) groups is 2. The van der Waals surface area contributed by atoms with E-state index in [1.54, 1.807) is 6.92 Å². The molecule has 0 aliphatic carbocycles. The number of anilines is 1. The standard InChI is InChI=1S/C13H17NO4/c1-4-17-11(15)8-18-13(16)14-12-9(2)6-5-7-10(12)3/h5-7H,4,8H2,1-3H3,(H,14,16). The van der Waals surface area contributed by atoms with Crippen molar-refractivity contribution in [2.45, 2.75) is 20.8 Å². The number of hydrogen-bond acceptors (Lipinski definition) is 4. The molecule has 0 aliphatic heterocycles. The van der Waals surface area contributed by atoms with Crippen LogP contribution in [0.5, 0.6) is 0 Å². The lowest BCUT2D eigenvalue weighted by atomic mass is 10.1. The first kappa shape index (κ1) is 14.0. The van der Waals surface area contributed by atoms with Crippen molar-refractivity contribution in [1.82, 2.24) is 0 Å². The second kappa shape index (κ2) is 6.64. The van der Waals surface area contributed by atoms with Crippen LogP contribution in [0, 0.1) is 13.8 Å². The summed E-state index contributed by atoms with van der Waals surface area (Å²) in [6.45, 7) is 5.34. The molecule has 0 aliphatic rings. The van der Waals surface area contributed by atoms with Crippen LogP contribution in [0.4, 0.5) is 10.5 Å². The predicted octanol–water partition coefficient (Wildman–Crippen LogP) is 2.42. The van der Waals surface area contributed by atoms with Gasteiger partial charge in [0.15, 0.2) is 6.61 Å². The van der Waals surface area contributed by atoms with Gasteiger partial charge in [0.05, 0.1) is 6.61 Å². The zero-order chi connectivity index (χ0) is 13.5. The molecule has 0 unspecified atom stereocenters. The normalized spacial score (nSPS) is 9.72.